The molecule has 0 atom stereocenters. The van der Waals surface area contributed by atoms with Gasteiger partial charge < -0.3 is 25.6 Å². The minimum atomic E-state index is -0.209. The first-order valence-electron chi connectivity index (χ1n) is 10.9. The number of likely N-dealkylation sites (tertiary alicyclic amines) is 1. The number of nitrogens with one attached hydrogen (secondary N) is 3. The summed E-state index contributed by atoms with van der Waals surface area (Å²) >= 11 is 0. The molecule has 3 rings (SSSR count). The van der Waals surface area contributed by atoms with Crippen molar-refractivity contribution in [3.05, 3.63) is 59.7 Å². The van der Waals surface area contributed by atoms with E-state index in [1.165, 1.54) is 0 Å². The first kappa shape index (κ1) is 23.3. The molecule has 1 aliphatic rings. The van der Waals surface area contributed by atoms with Crippen LogP contribution in [0.15, 0.2) is 48.5 Å². The van der Waals surface area contributed by atoms with E-state index in [1.807, 2.05) is 4.90 Å². The number of hydrogen-bond donors (Lipinski definition) is 3. The summed E-state index contributed by atoms with van der Waals surface area (Å²) in [7, 11) is 1.62. The standard InChI is InChI=1S/C24H30N4O4/c1-32-16-4-13-25-23(30)18-5-11-21(12-6-18)27-22(29)17-26-20-9-7-19(8-10-20)24(31)28-14-2-3-15-28/h5-12,26H,2-4,13-17H2,1H3,(H,25,30)(H,27,29). The molecule has 0 bridgehead atoms. The first-order valence-corrected chi connectivity index (χ1v) is 10.9. The maximum Gasteiger partial charge on any atom is 0.253 e. The molecule has 0 aliphatic carbocycles. The Morgan fingerprint density at radius 1 is 0.906 bits per heavy atom. The Morgan fingerprint density at radius 3 is 2.19 bits per heavy atom. The maximum atomic E-state index is 12.4. The molecule has 3 N–H and O–H groups in total. The van der Waals surface area contributed by atoms with Gasteiger partial charge in [0.25, 0.3) is 11.8 Å². The number of methoxy groups -OCH3 is 1. The Kier molecular flexibility index (Phi) is 8.62. The van der Waals surface area contributed by atoms with Crippen molar-refractivity contribution < 1.29 is 19.1 Å². The van der Waals surface area contributed by atoms with Gasteiger partial charge in [-0.15, -0.1) is 0 Å². The van der Waals surface area contributed by atoms with Crippen LogP contribution in [0.3, 0.4) is 0 Å². The lowest BCUT2D eigenvalue weighted by atomic mass is 10.2. The minimum absolute atomic E-state index is 0.0545. The van der Waals surface area contributed by atoms with Crippen LogP contribution in [0.4, 0.5) is 11.4 Å². The van der Waals surface area contributed by atoms with E-state index in [2.05, 4.69) is 16.0 Å². The van der Waals surface area contributed by atoms with Crippen LogP contribution in [0.1, 0.15) is 40.0 Å². The molecule has 1 saturated heterocycles. The molecule has 0 spiro atoms. The molecule has 170 valence electrons. The normalized spacial score (nSPS) is 13.0. The highest BCUT2D eigenvalue weighted by molar-refractivity contribution is 5.97. The van der Waals surface area contributed by atoms with Crippen molar-refractivity contribution in [2.75, 3.05) is 50.5 Å². The molecule has 1 aliphatic heterocycles. The fraction of sp³-hybridized carbons (Fsp3) is 0.375. The van der Waals surface area contributed by atoms with Gasteiger partial charge in [-0.05, 0) is 67.8 Å². The molecule has 8 nitrogen and oxygen atoms in total. The first-order chi connectivity index (χ1) is 15.6. The maximum absolute atomic E-state index is 12.4. The van der Waals surface area contributed by atoms with Crippen molar-refractivity contribution in [1.82, 2.24) is 10.2 Å². The second kappa shape index (κ2) is 11.9. The average molecular weight is 439 g/mol. The Bertz CT molecular complexity index is 907. The molecule has 0 aromatic heterocycles. The van der Waals surface area contributed by atoms with Gasteiger partial charge >= 0.3 is 0 Å². The average Bonchev–Trinajstić information content (AvgIpc) is 3.36. The third-order valence-corrected chi connectivity index (χ3v) is 5.22. The highest BCUT2D eigenvalue weighted by atomic mass is 16.5. The van der Waals surface area contributed by atoms with E-state index in [9.17, 15) is 14.4 Å². The zero-order valence-corrected chi connectivity index (χ0v) is 18.4. The number of anilines is 2. The fourth-order valence-electron chi connectivity index (χ4n) is 3.45. The van der Waals surface area contributed by atoms with Gasteiger partial charge in [0.05, 0.1) is 6.54 Å². The Morgan fingerprint density at radius 2 is 1.53 bits per heavy atom. The second-order valence-corrected chi connectivity index (χ2v) is 7.66. The molecule has 0 radical (unpaired) electrons. The number of benzene rings is 2. The molecule has 2 aromatic rings. The summed E-state index contributed by atoms with van der Waals surface area (Å²) in [6.45, 7) is 2.86. The number of ether oxygens (including phenoxy) is 1. The van der Waals surface area contributed by atoms with Gasteiger partial charge in [0.15, 0.2) is 0 Å². The highest BCUT2D eigenvalue weighted by Crippen LogP contribution is 2.15. The van der Waals surface area contributed by atoms with Crippen LogP contribution in [-0.4, -0.2) is 62.5 Å². The van der Waals surface area contributed by atoms with E-state index in [0.717, 1.165) is 38.0 Å². The monoisotopic (exact) mass is 438 g/mol. The van der Waals surface area contributed by atoms with E-state index in [0.29, 0.717) is 30.0 Å². The number of nitrogens with zero attached hydrogens (tertiary/aromatic N) is 1. The van der Waals surface area contributed by atoms with Gasteiger partial charge in [-0.3, -0.25) is 14.4 Å². The lowest BCUT2D eigenvalue weighted by Crippen LogP contribution is -2.27. The third kappa shape index (κ3) is 6.81. The van der Waals surface area contributed by atoms with Crippen LogP contribution >= 0.6 is 0 Å². The molecular formula is C24H30N4O4. The molecule has 3 amide bonds. The number of carbonyl (C=O) groups is 3. The second-order valence-electron chi connectivity index (χ2n) is 7.66. The van der Waals surface area contributed by atoms with Crippen LogP contribution in [0, 0.1) is 0 Å². The molecule has 1 heterocycles. The molecule has 8 heteroatoms. The summed E-state index contributed by atoms with van der Waals surface area (Å²) in [4.78, 5) is 38.5. The molecule has 32 heavy (non-hydrogen) atoms. The van der Waals surface area contributed by atoms with Gasteiger partial charge in [-0.2, -0.15) is 0 Å². The van der Waals surface area contributed by atoms with Gasteiger partial charge in [0.2, 0.25) is 5.91 Å². The summed E-state index contributed by atoms with van der Waals surface area (Å²) in [5.41, 5.74) is 2.56. The SMILES string of the molecule is COCCCNC(=O)c1ccc(NC(=O)CNc2ccc(C(=O)N3CCCC3)cc2)cc1. The van der Waals surface area contributed by atoms with Gasteiger partial charge in [-0.1, -0.05) is 0 Å². The van der Waals surface area contributed by atoms with E-state index >= 15 is 0 Å². The lowest BCUT2D eigenvalue weighted by Gasteiger charge is -2.15. The number of carbonyl (C=O) groups excluding carboxylic acids is 3. The topological polar surface area (TPSA) is 99.8 Å². The van der Waals surface area contributed by atoms with E-state index in [4.69, 9.17) is 4.74 Å². The third-order valence-electron chi connectivity index (χ3n) is 5.22. The summed E-state index contributed by atoms with van der Waals surface area (Å²) in [5, 5.41) is 8.67. The predicted octanol–water partition coefficient (Wildman–Crippen LogP) is 2.74. The highest BCUT2D eigenvalue weighted by Gasteiger charge is 2.19. The van der Waals surface area contributed by atoms with E-state index in [1.54, 1.807) is 55.6 Å². The van der Waals surface area contributed by atoms with Gasteiger partial charge in [0.1, 0.15) is 0 Å². The smallest absolute Gasteiger partial charge is 0.253 e. The summed E-state index contributed by atoms with van der Waals surface area (Å²) in [6, 6.07) is 13.9. The van der Waals surface area contributed by atoms with Crippen molar-refractivity contribution in [2.24, 2.45) is 0 Å². The van der Waals surface area contributed by atoms with Crippen molar-refractivity contribution in [3.8, 4) is 0 Å². The van der Waals surface area contributed by atoms with E-state index < -0.39 is 0 Å². The predicted molar refractivity (Wildman–Crippen MR) is 124 cm³/mol. The Balaban J connectivity index is 1.42. The molecule has 2 aromatic carbocycles. The van der Waals surface area contributed by atoms with Crippen LogP contribution < -0.4 is 16.0 Å². The van der Waals surface area contributed by atoms with Crippen molar-refractivity contribution >= 4 is 29.1 Å². The van der Waals surface area contributed by atoms with Gasteiger partial charge in [0, 0.05) is 55.9 Å². The summed E-state index contributed by atoms with van der Waals surface area (Å²) in [5.74, 6) is -0.315. The zero-order valence-electron chi connectivity index (χ0n) is 18.4. The lowest BCUT2D eigenvalue weighted by molar-refractivity contribution is -0.114. The van der Waals surface area contributed by atoms with Crippen LogP contribution in [0.5, 0.6) is 0 Å². The van der Waals surface area contributed by atoms with Crippen LogP contribution in [0.25, 0.3) is 0 Å². The van der Waals surface area contributed by atoms with Crippen molar-refractivity contribution in [1.29, 1.82) is 0 Å². The van der Waals surface area contributed by atoms with Crippen LogP contribution in [0.2, 0.25) is 0 Å². The van der Waals surface area contributed by atoms with Crippen molar-refractivity contribution in [3.63, 3.8) is 0 Å². The minimum Gasteiger partial charge on any atom is -0.385 e. The fourth-order valence-corrected chi connectivity index (χ4v) is 3.45. The molecule has 0 unspecified atom stereocenters. The van der Waals surface area contributed by atoms with Crippen molar-refractivity contribution in [2.45, 2.75) is 19.3 Å². The molecule has 0 saturated carbocycles. The molecular weight excluding hydrogens is 408 g/mol. The Hall–Kier alpha value is -3.39. The Labute approximate surface area is 188 Å². The van der Waals surface area contributed by atoms with Gasteiger partial charge in [-0.25, -0.2) is 0 Å². The summed E-state index contributed by atoms with van der Waals surface area (Å²) < 4.78 is 4.95. The van der Waals surface area contributed by atoms with Crippen LogP contribution in [-0.2, 0) is 9.53 Å². The van der Waals surface area contributed by atoms with E-state index in [-0.39, 0.29) is 24.3 Å². The summed E-state index contributed by atoms with van der Waals surface area (Å²) in [6.07, 6.45) is 2.87. The largest absolute Gasteiger partial charge is 0.385 e. The number of amides is 3. The molecule has 1 fully saturated rings. The number of hydrogen-bond acceptors (Lipinski definition) is 5. The zero-order chi connectivity index (χ0) is 22.8. The number of rotatable bonds is 10. The quantitative estimate of drug-likeness (QED) is 0.496.